The molecule has 1 aromatic rings. The van der Waals surface area contributed by atoms with E-state index in [1.165, 1.54) is 4.90 Å². The van der Waals surface area contributed by atoms with Crippen molar-refractivity contribution in [1.82, 2.24) is 0 Å². The molecule has 0 saturated heterocycles. The number of ether oxygens (including phenoxy) is 1. The van der Waals surface area contributed by atoms with E-state index in [-0.39, 0.29) is 0 Å². The summed E-state index contributed by atoms with van der Waals surface area (Å²) in [6.45, 7) is 3.25. The van der Waals surface area contributed by atoms with Gasteiger partial charge in [-0.25, -0.2) is 4.79 Å². The van der Waals surface area contributed by atoms with Crippen LogP contribution < -0.4 is 4.90 Å². The van der Waals surface area contributed by atoms with Crippen LogP contribution >= 0.6 is 0 Å². The van der Waals surface area contributed by atoms with E-state index in [9.17, 15) is 4.79 Å². The van der Waals surface area contributed by atoms with Crippen LogP contribution in [0.25, 0.3) is 0 Å². The second kappa shape index (κ2) is 6.03. The quantitative estimate of drug-likeness (QED) is 0.756. The molecule has 4 nitrogen and oxygen atoms in total. The zero-order valence-electron chi connectivity index (χ0n) is 8.72. The number of amides is 1. The summed E-state index contributed by atoms with van der Waals surface area (Å²) in [5.74, 6) is 0. The number of carboxylic acid groups (broad SMARTS) is 1. The van der Waals surface area contributed by atoms with Crippen molar-refractivity contribution >= 4 is 11.8 Å². The van der Waals surface area contributed by atoms with Gasteiger partial charge in [0.15, 0.2) is 0 Å². The summed E-state index contributed by atoms with van der Waals surface area (Å²) >= 11 is 0. The average molecular weight is 209 g/mol. The molecule has 0 saturated carbocycles. The summed E-state index contributed by atoms with van der Waals surface area (Å²) in [7, 11) is 0. The number of carbonyl (C=O) groups is 1. The topological polar surface area (TPSA) is 49.8 Å². The minimum atomic E-state index is -0.957. The van der Waals surface area contributed by atoms with Gasteiger partial charge in [0.2, 0.25) is 0 Å². The molecule has 0 aliphatic carbocycles. The van der Waals surface area contributed by atoms with E-state index in [2.05, 4.69) is 0 Å². The van der Waals surface area contributed by atoms with Crippen LogP contribution in [0.2, 0.25) is 0 Å². The average Bonchev–Trinajstić information content (AvgIpc) is 2.25. The van der Waals surface area contributed by atoms with Crippen LogP contribution in [0.5, 0.6) is 0 Å². The Morgan fingerprint density at radius 1 is 1.40 bits per heavy atom. The molecule has 15 heavy (non-hydrogen) atoms. The Bertz CT molecular complexity index is 300. The van der Waals surface area contributed by atoms with Crippen molar-refractivity contribution in [3.05, 3.63) is 30.3 Å². The summed E-state index contributed by atoms with van der Waals surface area (Å²) in [4.78, 5) is 12.2. The zero-order valence-corrected chi connectivity index (χ0v) is 8.72. The molecule has 1 amide bonds. The molecule has 0 unspecified atom stereocenters. The Balaban J connectivity index is 2.62. The number of nitrogens with zero attached hydrogens (tertiary/aromatic N) is 1. The number of para-hydroxylation sites is 1. The maximum Gasteiger partial charge on any atom is 0.411 e. The highest BCUT2D eigenvalue weighted by Gasteiger charge is 2.12. The van der Waals surface area contributed by atoms with E-state index >= 15 is 0 Å². The number of anilines is 1. The molecule has 0 aliphatic heterocycles. The minimum absolute atomic E-state index is 0.354. The maximum atomic E-state index is 11.0. The van der Waals surface area contributed by atoms with Crippen molar-refractivity contribution in [1.29, 1.82) is 0 Å². The van der Waals surface area contributed by atoms with Gasteiger partial charge in [-0.15, -0.1) is 0 Å². The first-order valence-electron chi connectivity index (χ1n) is 4.89. The first-order valence-corrected chi connectivity index (χ1v) is 4.89. The minimum Gasteiger partial charge on any atom is -0.465 e. The number of benzene rings is 1. The molecule has 82 valence electrons. The smallest absolute Gasteiger partial charge is 0.411 e. The summed E-state index contributed by atoms with van der Waals surface area (Å²) in [5.41, 5.74) is 0.671. The molecule has 1 aromatic carbocycles. The van der Waals surface area contributed by atoms with Gasteiger partial charge in [-0.1, -0.05) is 18.2 Å². The van der Waals surface area contributed by atoms with Crippen molar-refractivity contribution in [2.24, 2.45) is 0 Å². The van der Waals surface area contributed by atoms with Crippen molar-refractivity contribution in [3.8, 4) is 0 Å². The van der Waals surface area contributed by atoms with Crippen molar-refractivity contribution in [2.45, 2.75) is 6.92 Å². The fraction of sp³-hybridized carbons (Fsp3) is 0.364. The normalized spacial score (nSPS) is 9.93. The van der Waals surface area contributed by atoms with Gasteiger partial charge in [0.05, 0.1) is 13.2 Å². The van der Waals surface area contributed by atoms with Crippen LogP contribution in [0.4, 0.5) is 10.5 Å². The van der Waals surface area contributed by atoms with E-state index in [1.54, 1.807) is 12.1 Å². The van der Waals surface area contributed by atoms with E-state index in [1.807, 2.05) is 25.1 Å². The lowest BCUT2D eigenvalue weighted by Crippen LogP contribution is -2.32. The zero-order chi connectivity index (χ0) is 11.1. The lowest BCUT2D eigenvalue weighted by atomic mass is 10.3. The monoisotopic (exact) mass is 209 g/mol. The van der Waals surface area contributed by atoms with Gasteiger partial charge in [-0.3, -0.25) is 4.90 Å². The molecule has 0 heterocycles. The van der Waals surface area contributed by atoms with Crippen molar-refractivity contribution < 1.29 is 14.6 Å². The standard InChI is InChI=1S/C11H15NO3/c1-2-15-9-8-12(11(13)14)10-6-4-3-5-7-10/h3-7H,2,8-9H2,1H3,(H,13,14). The largest absolute Gasteiger partial charge is 0.465 e. The van der Waals surface area contributed by atoms with Gasteiger partial charge in [0.1, 0.15) is 0 Å². The predicted octanol–water partition coefficient (Wildman–Crippen LogP) is 2.21. The summed E-state index contributed by atoms with van der Waals surface area (Å²) in [6.07, 6.45) is -0.957. The Hall–Kier alpha value is -1.55. The molecule has 0 radical (unpaired) electrons. The Morgan fingerprint density at radius 3 is 2.60 bits per heavy atom. The van der Waals surface area contributed by atoms with Gasteiger partial charge in [-0.2, -0.15) is 0 Å². The summed E-state index contributed by atoms with van der Waals surface area (Å²) in [6, 6.07) is 9.00. The molecule has 0 atom stereocenters. The Morgan fingerprint density at radius 2 is 2.07 bits per heavy atom. The van der Waals surface area contributed by atoms with Crippen LogP contribution in [0, 0.1) is 0 Å². The van der Waals surface area contributed by atoms with E-state index in [0.717, 1.165) is 0 Å². The highest BCUT2D eigenvalue weighted by Crippen LogP contribution is 2.12. The molecular formula is C11H15NO3. The Kier molecular flexibility index (Phi) is 4.63. The molecule has 0 fully saturated rings. The van der Waals surface area contributed by atoms with Crippen LogP contribution in [0.15, 0.2) is 30.3 Å². The second-order valence-corrected chi connectivity index (χ2v) is 2.97. The highest BCUT2D eigenvalue weighted by molar-refractivity contribution is 5.85. The van der Waals surface area contributed by atoms with Crippen molar-refractivity contribution in [3.63, 3.8) is 0 Å². The third-order valence-electron chi connectivity index (χ3n) is 1.96. The van der Waals surface area contributed by atoms with E-state index in [0.29, 0.717) is 25.4 Å². The molecule has 1 N–H and O–H groups in total. The van der Waals surface area contributed by atoms with E-state index < -0.39 is 6.09 Å². The molecule has 1 rings (SSSR count). The Labute approximate surface area is 89.1 Å². The first-order chi connectivity index (χ1) is 7.25. The van der Waals surface area contributed by atoms with Crippen LogP contribution in [-0.2, 0) is 4.74 Å². The first kappa shape index (κ1) is 11.5. The predicted molar refractivity (Wildman–Crippen MR) is 58.3 cm³/mol. The van der Waals surface area contributed by atoms with E-state index in [4.69, 9.17) is 9.84 Å². The molecule has 0 aromatic heterocycles. The number of rotatable bonds is 5. The fourth-order valence-corrected chi connectivity index (χ4v) is 1.24. The summed E-state index contributed by atoms with van der Waals surface area (Å²) < 4.78 is 5.13. The van der Waals surface area contributed by atoms with Gasteiger partial charge in [-0.05, 0) is 19.1 Å². The SMILES string of the molecule is CCOCCN(C(=O)O)c1ccccc1. The summed E-state index contributed by atoms with van der Waals surface area (Å²) in [5, 5.41) is 9.00. The van der Waals surface area contributed by atoms with Crippen molar-refractivity contribution in [2.75, 3.05) is 24.7 Å². The third-order valence-corrected chi connectivity index (χ3v) is 1.96. The number of hydrogen-bond donors (Lipinski definition) is 1. The lowest BCUT2D eigenvalue weighted by molar-refractivity contribution is 0.150. The van der Waals surface area contributed by atoms with Gasteiger partial charge < -0.3 is 9.84 Å². The van der Waals surface area contributed by atoms with Crippen LogP contribution in [-0.4, -0.2) is 31.0 Å². The second-order valence-electron chi connectivity index (χ2n) is 2.97. The van der Waals surface area contributed by atoms with Crippen LogP contribution in [0.1, 0.15) is 6.92 Å². The molecule has 4 heteroatoms. The van der Waals surface area contributed by atoms with Gasteiger partial charge in [0.25, 0.3) is 0 Å². The third kappa shape index (κ3) is 3.59. The molecule has 0 aliphatic rings. The lowest BCUT2D eigenvalue weighted by Gasteiger charge is -2.18. The van der Waals surface area contributed by atoms with Gasteiger partial charge >= 0.3 is 6.09 Å². The van der Waals surface area contributed by atoms with Gasteiger partial charge in [0, 0.05) is 12.3 Å². The molecule has 0 spiro atoms. The molecular weight excluding hydrogens is 194 g/mol. The van der Waals surface area contributed by atoms with Crippen LogP contribution in [0.3, 0.4) is 0 Å². The highest BCUT2D eigenvalue weighted by atomic mass is 16.5. The fourth-order valence-electron chi connectivity index (χ4n) is 1.24. The number of hydrogen-bond acceptors (Lipinski definition) is 2. The maximum absolute atomic E-state index is 11.0. The molecule has 0 bridgehead atoms.